The first-order valence-corrected chi connectivity index (χ1v) is 6.46. The molecule has 1 aliphatic rings. The van der Waals surface area contributed by atoms with E-state index in [1.807, 2.05) is 5.94 Å². The number of carbonyl (C=O) groups is 1. The van der Waals surface area contributed by atoms with Crippen LogP contribution < -0.4 is 0 Å². The fourth-order valence-corrected chi connectivity index (χ4v) is 3.06. The zero-order valence-electron chi connectivity index (χ0n) is 11.3. The number of likely N-dealkylation sites (tertiary alicyclic amines) is 1. The average molecular weight is 288 g/mol. The fraction of sp³-hybridized carbons (Fsp3) is 0.267. The number of carbonyl (C=O) groups excluding carboxylic acids is 1. The molecule has 1 aliphatic heterocycles. The Balaban J connectivity index is 2.19. The molecule has 6 heteroatoms. The Morgan fingerprint density at radius 1 is 1.52 bits per heavy atom. The van der Waals surface area contributed by atoms with Crippen molar-refractivity contribution in [3.05, 3.63) is 41.3 Å². The maximum absolute atomic E-state index is 13.3. The molecule has 2 heterocycles. The summed E-state index contributed by atoms with van der Waals surface area (Å²) in [5, 5.41) is 10.1. The quantitative estimate of drug-likeness (QED) is 0.792. The van der Waals surface area contributed by atoms with Crippen LogP contribution in [0, 0.1) is 5.82 Å². The second-order valence-electron chi connectivity index (χ2n) is 5.42. The zero-order chi connectivity index (χ0) is 15.2. The standard InChI is InChI=1S/C15H13FN2O3/c1-15(5-9(8-19)7-18(15)14(20)21)12-6-17-13-4-10(16)2-3-11(12)13/h2-4,6,17H,5,7H2,1H3,(H,20,21). The lowest BCUT2D eigenvalue weighted by Crippen LogP contribution is -2.41. The number of halogens is 1. The third kappa shape index (κ3) is 1.92. The molecule has 1 aromatic heterocycles. The van der Waals surface area contributed by atoms with E-state index in [4.69, 9.17) is 0 Å². The number of nitrogens with one attached hydrogen (secondary N) is 1. The summed E-state index contributed by atoms with van der Waals surface area (Å²) in [7, 11) is 0. The van der Waals surface area contributed by atoms with Gasteiger partial charge in [0.15, 0.2) is 0 Å². The minimum absolute atomic E-state index is 0.0448. The molecule has 0 radical (unpaired) electrons. The predicted molar refractivity (Wildman–Crippen MR) is 74.2 cm³/mol. The first-order chi connectivity index (χ1) is 9.95. The minimum atomic E-state index is -1.10. The summed E-state index contributed by atoms with van der Waals surface area (Å²) in [6.45, 7) is 1.81. The third-order valence-electron chi connectivity index (χ3n) is 4.10. The van der Waals surface area contributed by atoms with Gasteiger partial charge in [-0.2, -0.15) is 0 Å². The number of carboxylic acid groups (broad SMARTS) is 1. The summed E-state index contributed by atoms with van der Waals surface area (Å²) in [5.41, 5.74) is 0.871. The Kier molecular flexibility index (Phi) is 2.85. The predicted octanol–water partition coefficient (Wildman–Crippen LogP) is 2.66. The molecule has 108 valence electrons. The van der Waals surface area contributed by atoms with Crippen LogP contribution in [-0.4, -0.2) is 33.6 Å². The topological polar surface area (TPSA) is 73.4 Å². The Morgan fingerprint density at radius 2 is 2.29 bits per heavy atom. The Hall–Kier alpha value is -2.59. The summed E-state index contributed by atoms with van der Waals surface area (Å²) in [6, 6.07) is 4.31. The van der Waals surface area contributed by atoms with Crippen LogP contribution in [0.15, 0.2) is 30.0 Å². The molecular formula is C15H13FN2O3. The Morgan fingerprint density at radius 3 is 2.95 bits per heavy atom. The molecule has 1 fully saturated rings. The molecule has 5 nitrogen and oxygen atoms in total. The van der Waals surface area contributed by atoms with Gasteiger partial charge in [0, 0.05) is 34.7 Å². The van der Waals surface area contributed by atoms with Gasteiger partial charge in [-0.25, -0.2) is 14.0 Å². The molecule has 3 rings (SSSR count). The smallest absolute Gasteiger partial charge is 0.408 e. The number of rotatable bonds is 1. The summed E-state index contributed by atoms with van der Waals surface area (Å²) < 4.78 is 13.3. The lowest BCUT2D eigenvalue weighted by molar-refractivity contribution is 0.110. The molecule has 2 N–H and O–H groups in total. The molecule has 2 aromatic rings. The van der Waals surface area contributed by atoms with Crippen molar-refractivity contribution in [3.63, 3.8) is 0 Å². The molecule has 1 saturated heterocycles. The first kappa shape index (κ1) is 13.4. The number of H-pyrrole nitrogens is 1. The summed E-state index contributed by atoms with van der Waals surface area (Å²) >= 11 is 0. The van der Waals surface area contributed by atoms with Crippen molar-refractivity contribution in [1.29, 1.82) is 0 Å². The van der Waals surface area contributed by atoms with E-state index in [2.05, 4.69) is 4.98 Å². The number of benzene rings is 1. The number of amides is 1. The third-order valence-corrected chi connectivity index (χ3v) is 4.10. The second-order valence-corrected chi connectivity index (χ2v) is 5.42. The van der Waals surface area contributed by atoms with Gasteiger partial charge in [0.2, 0.25) is 0 Å². The zero-order valence-corrected chi connectivity index (χ0v) is 11.3. The van der Waals surface area contributed by atoms with Crippen LogP contribution in [0.4, 0.5) is 9.18 Å². The molecule has 1 atom stereocenters. The summed E-state index contributed by atoms with van der Waals surface area (Å²) in [6.07, 6.45) is 0.861. The van der Waals surface area contributed by atoms with Crippen LogP contribution in [0.1, 0.15) is 18.9 Å². The van der Waals surface area contributed by atoms with E-state index in [1.54, 1.807) is 19.2 Å². The van der Waals surface area contributed by atoms with E-state index in [9.17, 15) is 19.1 Å². The molecule has 0 saturated carbocycles. The molecule has 1 aromatic carbocycles. The van der Waals surface area contributed by atoms with Gasteiger partial charge in [-0.3, -0.25) is 4.90 Å². The average Bonchev–Trinajstić information content (AvgIpc) is 3.00. The van der Waals surface area contributed by atoms with Crippen molar-refractivity contribution in [2.45, 2.75) is 18.9 Å². The lowest BCUT2D eigenvalue weighted by Gasteiger charge is -2.32. The van der Waals surface area contributed by atoms with Crippen LogP contribution in [0.3, 0.4) is 0 Å². The molecule has 0 aliphatic carbocycles. The van der Waals surface area contributed by atoms with Crippen molar-refractivity contribution < 1.29 is 19.1 Å². The Bertz CT molecular complexity index is 791. The van der Waals surface area contributed by atoms with Crippen molar-refractivity contribution in [3.8, 4) is 0 Å². The largest absolute Gasteiger partial charge is 0.465 e. The van der Waals surface area contributed by atoms with Crippen molar-refractivity contribution in [2.24, 2.45) is 0 Å². The van der Waals surface area contributed by atoms with E-state index in [0.717, 1.165) is 10.9 Å². The highest BCUT2D eigenvalue weighted by Gasteiger charge is 2.45. The van der Waals surface area contributed by atoms with Gasteiger partial charge in [-0.1, -0.05) is 0 Å². The van der Waals surface area contributed by atoms with E-state index in [1.165, 1.54) is 17.0 Å². The molecule has 21 heavy (non-hydrogen) atoms. The second kappa shape index (κ2) is 4.46. The first-order valence-electron chi connectivity index (χ1n) is 6.46. The van der Waals surface area contributed by atoms with Crippen LogP contribution >= 0.6 is 0 Å². The van der Waals surface area contributed by atoms with Gasteiger partial charge in [0.05, 0.1) is 12.1 Å². The highest BCUT2D eigenvalue weighted by Crippen LogP contribution is 2.43. The maximum atomic E-state index is 13.3. The van der Waals surface area contributed by atoms with E-state index >= 15 is 0 Å². The molecule has 0 spiro atoms. The van der Waals surface area contributed by atoms with Crippen molar-refractivity contribution >= 4 is 22.9 Å². The summed E-state index contributed by atoms with van der Waals surface area (Å²) in [5.74, 6) is 1.45. The number of fused-ring (bicyclic) bond motifs is 1. The summed E-state index contributed by atoms with van der Waals surface area (Å²) in [4.78, 5) is 26.6. The van der Waals surface area contributed by atoms with Gasteiger partial charge in [0.1, 0.15) is 11.8 Å². The lowest BCUT2D eigenvalue weighted by atomic mass is 9.88. The number of aromatic nitrogens is 1. The SMILES string of the molecule is CC1(c2c[nH]c3cc(F)ccc23)CC(=C=O)CN1C(=O)O. The van der Waals surface area contributed by atoms with Crippen molar-refractivity contribution in [1.82, 2.24) is 9.88 Å². The normalized spacial score (nSPS) is 21.8. The van der Waals surface area contributed by atoms with E-state index in [0.29, 0.717) is 11.1 Å². The van der Waals surface area contributed by atoms with Crippen LogP contribution in [0.25, 0.3) is 10.9 Å². The molecule has 1 unspecified atom stereocenters. The van der Waals surface area contributed by atoms with Crippen molar-refractivity contribution in [2.75, 3.05) is 6.54 Å². The highest BCUT2D eigenvalue weighted by atomic mass is 19.1. The molecule has 0 bridgehead atoms. The van der Waals surface area contributed by atoms with Crippen LogP contribution in [-0.2, 0) is 10.3 Å². The van der Waals surface area contributed by atoms with E-state index in [-0.39, 0.29) is 18.8 Å². The number of hydrogen-bond donors (Lipinski definition) is 2. The monoisotopic (exact) mass is 288 g/mol. The fourth-order valence-electron chi connectivity index (χ4n) is 3.06. The molecular weight excluding hydrogens is 275 g/mol. The van der Waals surface area contributed by atoms with E-state index < -0.39 is 11.6 Å². The Labute approximate surface area is 119 Å². The number of nitrogens with zero attached hydrogens (tertiary/aromatic N) is 1. The van der Waals surface area contributed by atoms with Crippen LogP contribution in [0.2, 0.25) is 0 Å². The molecule has 1 amide bonds. The van der Waals surface area contributed by atoms with Crippen LogP contribution in [0.5, 0.6) is 0 Å². The van der Waals surface area contributed by atoms with Gasteiger partial charge in [-0.05, 0) is 25.1 Å². The van der Waals surface area contributed by atoms with Gasteiger partial charge in [0.25, 0.3) is 0 Å². The maximum Gasteiger partial charge on any atom is 0.408 e. The number of aromatic amines is 1. The minimum Gasteiger partial charge on any atom is -0.465 e. The number of hydrogen-bond acceptors (Lipinski definition) is 2. The van der Waals surface area contributed by atoms with Gasteiger partial charge >= 0.3 is 6.09 Å². The van der Waals surface area contributed by atoms with Gasteiger partial charge in [-0.15, -0.1) is 0 Å². The van der Waals surface area contributed by atoms with Gasteiger partial charge < -0.3 is 10.1 Å². The highest BCUT2D eigenvalue weighted by molar-refractivity contribution is 5.85.